The fourth-order valence-electron chi connectivity index (χ4n) is 1.75. The van der Waals surface area contributed by atoms with Crippen molar-refractivity contribution in [2.45, 2.75) is 25.9 Å². The lowest BCUT2D eigenvalue weighted by molar-refractivity contribution is -0.132. The van der Waals surface area contributed by atoms with E-state index in [1.165, 1.54) is 18.2 Å². The van der Waals surface area contributed by atoms with Gasteiger partial charge in [-0.05, 0) is 24.5 Å². The van der Waals surface area contributed by atoms with Gasteiger partial charge >= 0.3 is 6.18 Å². The first-order chi connectivity index (χ1) is 9.42. The predicted molar refractivity (Wildman–Crippen MR) is 74.9 cm³/mol. The summed E-state index contributed by atoms with van der Waals surface area (Å²) in [6, 6.07) is 8.02. The van der Waals surface area contributed by atoms with Crippen LogP contribution in [0.5, 0.6) is 0 Å². The van der Waals surface area contributed by atoms with Gasteiger partial charge in [-0.1, -0.05) is 24.3 Å². The van der Waals surface area contributed by atoms with Crippen LogP contribution in [0.15, 0.2) is 29.3 Å². The van der Waals surface area contributed by atoms with Gasteiger partial charge in [-0.15, -0.1) is 0 Å². The second kappa shape index (κ2) is 7.77. The van der Waals surface area contributed by atoms with Gasteiger partial charge in [0.2, 0.25) is 0 Å². The molecule has 2 N–H and O–H groups in total. The quantitative estimate of drug-likeness (QED) is 0.645. The van der Waals surface area contributed by atoms with E-state index in [0.29, 0.717) is 12.5 Å². The Hall–Kier alpha value is -1.72. The number of alkyl halides is 3. The summed E-state index contributed by atoms with van der Waals surface area (Å²) in [7, 11) is 1.54. The van der Waals surface area contributed by atoms with Gasteiger partial charge in [-0.2, -0.15) is 13.2 Å². The molecule has 0 heterocycles. The van der Waals surface area contributed by atoms with Gasteiger partial charge in [-0.3, -0.25) is 4.99 Å². The largest absolute Gasteiger partial charge is 0.390 e. The minimum atomic E-state index is -4.15. The van der Waals surface area contributed by atoms with Gasteiger partial charge in [0, 0.05) is 20.1 Å². The van der Waals surface area contributed by atoms with Gasteiger partial charge in [0.15, 0.2) is 5.96 Å². The smallest absolute Gasteiger partial charge is 0.356 e. The van der Waals surface area contributed by atoms with Crippen LogP contribution in [0.25, 0.3) is 0 Å². The summed E-state index contributed by atoms with van der Waals surface area (Å²) in [4.78, 5) is 3.89. The molecule has 0 radical (unpaired) electrons. The molecule has 1 aromatic carbocycles. The first-order valence-corrected chi connectivity index (χ1v) is 6.48. The van der Waals surface area contributed by atoms with Crippen molar-refractivity contribution in [3.63, 3.8) is 0 Å². The van der Waals surface area contributed by atoms with E-state index in [0.717, 1.165) is 6.42 Å². The fraction of sp³-hybridized carbons (Fsp3) is 0.500. The molecular weight excluding hydrogens is 267 g/mol. The molecule has 0 fully saturated rings. The molecule has 0 aliphatic carbocycles. The molecule has 0 aliphatic rings. The number of aliphatic imine (C=N–C) groups is 1. The molecule has 1 rings (SSSR count). The molecule has 0 bridgehead atoms. The second-order valence-electron chi connectivity index (χ2n) is 4.47. The minimum absolute atomic E-state index is 0.173. The van der Waals surface area contributed by atoms with Gasteiger partial charge in [0.05, 0.1) is 6.42 Å². The van der Waals surface area contributed by atoms with Crippen LogP contribution in [0, 0.1) is 6.92 Å². The van der Waals surface area contributed by atoms with Crippen molar-refractivity contribution in [3.8, 4) is 0 Å². The lowest BCUT2D eigenvalue weighted by Gasteiger charge is -2.13. The molecular formula is C14H20F3N3. The van der Waals surface area contributed by atoms with E-state index >= 15 is 0 Å². The van der Waals surface area contributed by atoms with E-state index in [-0.39, 0.29) is 6.54 Å². The van der Waals surface area contributed by atoms with Crippen LogP contribution in [0.3, 0.4) is 0 Å². The molecule has 112 valence electrons. The highest BCUT2D eigenvalue weighted by Gasteiger charge is 2.26. The third-order valence-corrected chi connectivity index (χ3v) is 2.87. The van der Waals surface area contributed by atoms with Gasteiger partial charge in [-0.25, -0.2) is 0 Å². The van der Waals surface area contributed by atoms with Crippen molar-refractivity contribution >= 4 is 5.96 Å². The van der Waals surface area contributed by atoms with E-state index in [1.54, 1.807) is 0 Å². The SMILES string of the molecule is CN=C(NCCc1ccccc1C)NCCC(F)(F)F. The zero-order valence-corrected chi connectivity index (χ0v) is 11.7. The van der Waals surface area contributed by atoms with E-state index in [9.17, 15) is 13.2 Å². The Morgan fingerprint density at radius 2 is 1.80 bits per heavy atom. The highest BCUT2D eigenvalue weighted by molar-refractivity contribution is 5.79. The van der Waals surface area contributed by atoms with Crippen LogP contribution in [0.2, 0.25) is 0 Å². The molecule has 0 unspecified atom stereocenters. The summed E-state index contributed by atoms with van der Waals surface area (Å²) in [6.45, 7) is 2.48. The number of hydrogen-bond donors (Lipinski definition) is 2. The third-order valence-electron chi connectivity index (χ3n) is 2.87. The van der Waals surface area contributed by atoms with E-state index in [4.69, 9.17) is 0 Å². The maximum Gasteiger partial charge on any atom is 0.390 e. The Labute approximate surface area is 117 Å². The average Bonchev–Trinajstić information content (AvgIpc) is 2.37. The lowest BCUT2D eigenvalue weighted by Crippen LogP contribution is -2.39. The van der Waals surface area contributed by atoms with Crippen molar-refractivity contribution in [1.29, 1.82) is 0 Å². The number of nitrogens with zero attached hydrogens (tertiary/aromatic N) is 1. The average molecular weight is 287 g/mol. The molecule has 0 saturated heterocycles. The topological polar surface area (TPSA) is 36.4 Å². The molecule has 0 aromatic heterocycles. The summed E-state index contributed by atoms with van der Waals surface area (Å²) < 4.78 is 36.1. The fourth-order valence-corrected chi connectivity index (χ4v) is 1.75. The van der Waals surface area contributed by atoms with Crippen molar-refractivity contribution in [2.75, 3.05) is 20.1 Å². The Kier molecular flexibility index (Phi) is 6.35. The minimum Gasteiger partial charge on any atom is -0.356 e. The van der Waals surface area contributed by atoms with Crippen LogP contribution in [0.1, 0.15) is 17.5 Å². The Morgan fingerprint density at radius 3 is 2.40 bits per heavy atom. The van der Waals surface area contributed by atoms with Crippen LogP contribution in [0.4, 0.5) is 13.2 Å². The second-order valence-corrected chi connectivity index (χ2v) is 4.47. The van der Waals surface area contributed by atoms with Gasteiger partial charge in [0.25, 0.3) is 0 Å². The molecule has 0 saturated carbocycles. The molecule has 0 aliphatic heterocycles. The Balaban J connectivity index is 2.30. The molecule has 0 atom stereocenters. The monoisotopic (exact) mass is 287 g/mol. The molecule has 20 heavy (non-hydrogen) atoms. The summed E-state index contributed by atoms with van der Waals surface area (Å²) in [5.74, 6) is 0.392. The van der Waals surface area contributed by atoms with Crippen LogP contribution in [-0.4, -0.2) is 32.3 Å². The normalized spacial score (nSPS) is 12.3. The summed E-state index contributed by atoms with van der Waals surface area (Å²) in [5.41, 5.74) is 2.42. The van der Waals surface area contributed by atoms with E-state index in [2.05, 4.69) is 15.6 Å². The molecule has 0 spiro atoms. The maximum atomic E-state index is 12.0. The van der Waals surface area contributed by atoms with Crippen LogP contribution >= 0.6 is 0 Å². The summed E-state index contributed by atoms with van der Waals surface area (Å²) in [6.07, 6.45) is -4.22. The molecule has 1 aromatic rings. The lowest BCUT2D eigenvalue weighted by atomic mass is 10.1. The number of rotatable bonds is 5. The van der Waals surface area contributed by atoms with Crippen molar-refractivity contribution in [1.82, 2.24) is 10.6 Å². The molecule has 0 amide bonds. The highest BCUT2D eigenvalue weighted by Crippen LogP contribution is 2.18. The molecule has 3 nitrogen and oxygen atoms in total. The first kappa shape index (κ1) is 16.3. The van der Waals surface area contributed by atoms with E-state index in [1.807, 2.05) is 31.2 Å². The Bertz CT molecular complexity index is 442. The third kappa shape index (κ3) is 6.45. The number of guanidine groups is 1. The number of nitrogens with one attached hydrogen (secondary N) is 2. The summed E-state index contributed by atoms with van der Waals surface area (Å²) in [5, 5.41) is 5.65. The Morgan fingerprint density at radius 1 is 1.15 bits per heavy atom. The summed E-state index contributed by atoms with van der Waals surface area (Å²) >= 11 is 0. The number of hydrogen-bond acceptors (Lipinski definition) is 1. The van der Waals surface area contributed by atoms with Crippen molar-refractivity contribution < 1.29 is 13.2 Å². The number of benzene rings is 1. The van der Waals surface area contributed by atoms with Gasteiger partial charge < -0.3 is 10.6 Å². The van der Waals surface area contributed by atoms with Crippen molar-refractivity contribution in [2.24, 2.45) is 4.99 Å². The van der Waals surface area contributed by atoms with Gasteiger partial charge in [0.1, 0.15) is 0 Å². The maximum absolute atomic E-state index is 12.0. The van der Waals surface area contributed by atoms with Crippen LogP contribution in [-0.2, 0) is 6.42 Å². The molecule has 6 heteroatoms. The van der Waals surface area contributed by atoms with Crippen LogP contribution < -0.4 is 10.6 Å². The first-order valence-electron chi connectivity index (χ1n) is 6.48. The van der Waals surface area contributed by atoms with E-state index < -0.39 is 12.6 Å². The highest BCUT2D eigenvalue weighted by atomic mass is 19.4. The predicted octanol–water partition coefficient (Wildman–Crippen LogP) is 2.65. The number of aryl methyl sites for hydroxylation is 1. The number of halogens is 3. The van der Waals surface area contributed by atoms with Crippen molar-refractivity contribution in [3.05, 3.63) is 35.4 Å². The zero-order chi connectivity index (χ0) is 15.0. The zero-order valence-electron chi connectivity index (χ0n) is 11.7. The standard InChI is InChI=1S/C14H20F3N3/c1-11-5-3-4-6-12(11)7-9-19-13(18-2)20-10-8-14(15,16)17/h3-6H,7-10H2,1-2H3,(H2,18,19,20).